The lowest BCUT2D eigenvalue weighted by molar-refractivity contribution is 0.0183. The summed E-state index contributed by atoms with van der Waals surface area (Å²) in [6.07, 6.45) is 0. The third-order valence-electron chi connectivity index (χ3n) is 5.04. The van der Waals surface area contributed by atoms with Gasteiger partial charge in [0.1, 0.15) is 24.4 Å². The molecule has 0 radical (unpaired) electrons. The van der Waals surface area contributed by atoms with Gasteiger partial charge in [-0.2, -0.15) is 0 Å². The van der Waals surface area contributed by atoms with Gasteiger partial charge in [0.25, 0.3) is 0 Å². The largest absolute Gasteiger partial charge is 0.460 e. The second-order valence-electron chi connectivity index (χ2n) is 7.43. The van der Waals surface area contributed by atoms with E-state index in [-0.39, 0.29) is 64.4 Å². The Morgan fingerprint density at radius 1 is 0.778 bits per heavy atom. The first-order valence-corrected chi connectivity index (χ1v) is 11.6. The number of methoxy groups -OCH3 is 2. The van der Waals surface area contributed by atoms with Gasteiger partial charge in [0.2, 0.25) is 5.43 Å². The van der Waals surface area contributed by atoms with Crippen molar-refractivity contribution < 1.29 is 42.4 Å². The summed E-state index contributed by atoms with van der Waals surface area (Å²) in [5.41, 5.74) is -0.630. The number of thiol groups is 1. The van der Waals surface area contributed by atoms with Crippen LogP contribution in [-0.2, 0) is 28.4 Å². The highest BCUT2D eigenvalue weighted by Crippen LogP contribution is 2.30. The first-order chi connectivity index (χ1) is 17.5. The van der Waals surface area contributed by atoms with Crippen molar-refractivity contribution in [3.05, 3.63) is 51.7 Å². The smallest absolute Gasteiger partial charge is 0.342 e. The minimum atomic E-state index is -0.882. The highest BCUT2D eigenvalue weighted by molar-refractivity contribution is 7.80. The zero-order chi connectivity index (χ0) is 25.9. The van der Waals surface area contributed by atoms with Crippen LogP contribution in [0.15, 0.2) is 44.4 Å². The van der Waals surface area contributed by atoms with E-state index in [1.165, 1.54) is 6.07 Å². The molecule has 0 N–H and O–H groups in total. The van der Waals surface area contributed by atoms with Crippen LogP contribution in [0.4, 0.5) is 0 Å². The zero-order valence-corrected chi connectivity index (χ0v) is 21.0. The lowest BCUT2D eigenvalue weighted by Crippen LogP contribution is -2.20. The van der Waals surface area contributed by atoms with E-state index in [0.717, 1.165) is 0 Å². The van der Waals surface area contributed by atoms with Crippen molar-refractivity contribution in [2.45, 2.75) is 4.90 Å². The number of benzene rings is 2. The van der Waals surface area contributed by atoms with Crippen LogP contribution in [0.25, 0.3) is 21.9 Å². The van der Waals surface area contributed by atoms with Crippen LogP contribution in [0.1, 0.15) is 20.7 Å². The predicted molar refractivity (Wildman–Crippen MR) is 133 cm³/mol. The standard InChI is InChI=1S/C25H28O10S/c1-29-7-9-31-11-13-33-24(27)20-19(36)15-17-22(26)16-5-3-4-6-18(16)35-23(17)21(20)25(28)34-14-12-32-10-8-30-2/h3-6,15,36H,7-14H2,1-2H3. The molecular formula is C25H28O10S. The number of ether oxygens (including phenoxy) is 6. The van der Waals surface area contributed by atoms with Gasteiger partial charge in [0, 0.05) is 19.1 Å². The van der Waals surface area contributed by atoms with Crippen molar-refractivity contribution in [2.24, 2.45) is 0 Å². The van der Waals surface area contributed by atoms with Gasteiger partial charge in [-0.15, -0.1) is 12.6 Å². The maximum absolute atomic E-state index is 13.2. The quantitative estimate of drug-likeness (QED) is 0.147. The normalized spacial score (nSPS) is 11.2. The van der Waals surface area contributed by atoms with Crippen LogP contribution >= 0.6 is 12.6 Å². The summed E-state index contributed by atoms with van der Waals surface area (Å²) >= 11 is 4.38. The molecule has 0 aliphatic heterocycles. The highest BCUT2D eigenvalue weighted by atomic mass is 32.1. The minimum absolute atomic E-state index is 0.0682. The van der Waals surface area contributed by atoms with Crippen LogP contribution in [0, 0.1) is 0 Å². The molecule has 0 unspecified atom stereocenters. The molecule has 0 aliphatic rings. The molecule has 0 fully saturated rings. The van der Waals surface area contributed by atoms with Crippen molar-refractivity contribution in [1.29, 1.82) is 0 Å². The summed E-state index contributed by atoms with van der Waals surface area (Å²) in [5.74, 6) is -1.72. The van der Waals surface area contributed by atoms with Crippen molar-refractivity contribution in [3.8, 4) is 0 Å². The Morgan fingerprint density at radius 3 is 1.94 bits per heavy atom. The van der Waals surface area contributed by atoms with Gasteiger partial charge in [-0.3, -0.25) is 4.79 Å². The molecular weight excluding hydrogens is 492 g/mol. The second kappa shape index (κ2) is 14.0. The van der Waals surface area contributed by atoms with Crippen LogP contribution < -0.4 is 5.43 Å². The van der Waals surface area contributed by atoms with Crippen LogP contribution in [0.2, 0.25) is 0 Å². The second-order valence-corrected chi connectivity index (χ2v) is 7.91. The Balaban J connectivity index is 1.95. The Hall–Kier alpha value is -2.96. The summed E-state index contributed by atoms with van der Waals surface area (Å²) in [7, 11) is 3.09. The van der Waals surface area contributed by atoms with Crippen molar-refractivity contribution in [1.82, 2.24) is 0 Å². The summed E-state index contributed by atoms with van der Waals surface area (Å²) < 4.78 is 37.0. The lowest BCUT2D eigenvalue weighted by Gasteiger charge is -2.14. The lowest BCUT2D eigenvalue weighted by atomic mass is 10.0. The van der Waals surface area contributed by atoms with Gasteiger partial charge in [-0.1, -0.05) is 12.1 Å². The maximum Gasteiger partial charge on any atom is 0.342 e. The molecule has 3 aromatic rings. The average Bonchev–Trinajstić information content (AvgIpc) is 2.88. The number of hydrogen-bond donors (Lipinski definition) is 1. The summed E-state index contributed by atoms with van der Waals surface area (Å²) in [6.45, 7) is 1.53. The molecule has 194 valence electrons. The molecule has 2 aromatic carbocycles. The number of rotatable bonds is 14. The third kappa shape index (κ3) is 6.83. The Kier molecular flexibility index (Phi) is 10.7. The Labute approximate surface area is 212 Å². The zero-order valence-electron chi connectivity index (χ0n) is 20.1. The first kappa shape index (κ1) is 27.6. The monoisotopic (exact) mass is 520 g/mol. The minimum Gasteiger partial charge on any atom is -0.460 e. The van der Waals surface area contributed by atoms with Gasteiger partial charge in [-0.25, -0.2) is 9.59 Å². The van der Waals surface area contributed by atoms with E-state index in [2.05, 4.69) is 12.6 Å². The molecule has 0 saturated carbocycles. The first-order valence-electron chi connectivity index (χ1n) is 11.2. The van der Waals surface area contributed by atoms with Gasteiger partial charge < -0.3 is 32.8 Å². The maximum atomic E-state index is 13.2. The van der Waals surface area contributed by atoms with Gasteiger partial charge in [0.15, 0.2) is 5.58 Å². The molecule has 1 aromatic heterocycles. The fourth-order valence-corrected chi connectivity index (χ4v) is 3.68. The summed E-state index contributed by atoms with van der Waals surface area (Å²) in [4.78, 5) is 39.4. The molecule has 0 atom stereocenters. The van der Waals surface area contributed by atoms with E-state index in [1.807, 2.05) is 0 Å². The van der Waals surface area contributed by atoms with E-state index in [0.29, 0.717) is 31.8 Å². The number of carbonyl (C=O) groups is 2. The number of esters is 2. The van der Waals surface area contributed by atoms with E-state index >= 15 is 0 Å². The molecule has 36 heavy (non-hydrogen) atoms. The van der Waals surface area contributed by atoms with Crippen LogP contribution in [0.3, 0.4) is 0 Å². The van der Waals surface area contributed by atoms with Crippen LogP contribution in [-0.4, -0.2) is 79.0 Å². The fraction of sp³-hybridized carbons (Fsp3) is 0.400. The topological polar surface area (TPSA) is 120 Å². The molecule has 11 heteroatoms. The number of fused-ring (bicyclic) bond motifs is 2. The fourth-order valence-electron chi connectivity index (χ4n) is 3.34. The van der Waals surface area contributed by atoms with Crippen molar-refractivity contribution in [2.75, 3.05) is 67.1 Å². The molecule has 0 aliphatic carbocycles. The van der Waals surface area contributed by atoms with Gasteiger partial charge in [-0.05, 0) is 18.2 Å². The molecule has 1 heterocycles. The van der Waals surface area contributed by atoms with Gasteiger partial charge >= 0.3 is 11.9 Å². The molecule has 10 nitrogen and oxygen atoms in total. The number of hydrogen-bond acceptors (Lipinski definition) is 11. The van der Waals surface area contributed by atoms with E-state index in [9.17, 15) is 14.4 Å². The van der Waals surface area contributed by atoms with Crippen molar-refractivity contribution >= 4 is 46.5 Å². The average molecular weight is 521 g/mol. The predicted octanol–water partition coefficient (Wildman–Crippen LogP) is 2.87. The highest BCUT2D eigenvalue weighted by Gasteiger charge is 2.29. The number of para-hydroxylation sites is 1. The molecule has 0 bridgehead atoms. The molecule has 0 amide bonds. The Bertz CT molecular complexity index is 1250. The van der Waals surface area contributed by atoms with Crippen LogP contribution in [0.5, 0.6) is 0 Å². The number of carbonyl (C=O) groups excluding carboxylic acids is 2. The third-order valence-corrected chi connectivity index (χ3v) is 5.39. The van der Waals surface area contributed by atoms with E-state index in [4.69, 9.17) is 32.8 Å². The molecule has 0 spiro atoms. The Morgan fingerprint density at radius 2 is 1.33 bits per heavy atom. The van der Waals surface area contributed by atoms with E-state index in [1.54, 1.807) is 38.5 Å². The summed E-state index contributed by atoms with van der Waals surface area (Å²) in [5, 5.41) is 0.411. The molecule has 3 rings (SSSR count). The molecule has 0 saturated heterocycles. The van der Waals surface area contributed by atoms with E-state index < -0.39 is 11.9 Å². The SMILES string of the molecule is COCCOCCOC(=O)c1c(S)cc2c(=O)c3ccccc3oc2c1C(=O)OCCOCCOC. The van der Waals surface area contributed by atoms with Gasteiger partial charge in [0.05, 0.1) is 56.0 Å². The summed E-state index contributed by atoms with van der Waals surface area (Å²) in [6, 6.07) is 7.98. The van der Waals surface area contributed by atoms with Crippen molar-refractivity contribution in [3.63, 3.8) is 0 Å².